The summed E-state index contributed by atoms with van der Waals surface area (Å²) in [6.07, 6.45) is 0.0960. The van der Waals surface area contributed by atoms with Gasteiger partial charge < -0.3 is 20.8 Å². The monoisotopic (exact) mass is 282 g/mol. The number of pyridine rings is 1. The summed E-state index contributed by atoms with van der Waals surface area (Å²) in [6.45, 7) is 2.85. The third-order valence-corrected chi connectivity index (χ3v) is 3.41. The SMILES string of the molecule is CCON(C)c1nc(N2CC(O)CC2CO)ccc1N. The normalized spacial score (nSPS) is 22.3. The zero-order valence-electron chi connectivity index (χ0n) is 11.9. The Morgan fingerprint density at radius 1 is 1.55 bits per heavy atom. The van der Waals surface area contributed by atoms with E-state index in [0.717, 1.165) is 0 Å². The quantitative estimate of drug-likeness (QED) is 0.653. The van der Waals surface area contributed by atoms with Crippen LogP contribution in [0.15, 0.2) is 12.1 Å². The maximum Gasteiger partial charge on any atom is 0.177 e. The third kappa shape index (κ3) is 2.95. The number of hydrogen-bond donors (Lipinski definition) is 3. The molecule has 1 saturated heterocycles. The molecule has 0 spiro atoms. The van der Waals surface area contributed by atoms with E-state index in [4.69, 9.17) is 10.6 Å². The highest BCUT2D eigenvalue weighted by Crippen LogP contribution is 2.28. The van der Waals surface area contributed by atoms with Crippen LogP contribution < -0.4 is 15.7 Å². The van der Waals surface area contributed by atoms with Gasteiger partial charge in [-0.3, -0.25) is 4.84 Å². The van der Waals surface area contributed by atoms with Crippen LogP contribution in [0.3, 0.4) is 0 Å². The Hall–Kier alpha value is -1.57. The van der Waals surface area contributed by atoms with Crippen molar-refractivity contribution >= 4 is 17.3 Å². The first-order chi connectivity index (χ1) is 9.56. The molecule has 2 unspecified atom stereocenters. The van der Waals surface area contributed by atoms with E-state index in [1.165, 1.54) is 5.06 Å². The van der Waals surface area contributed by atoms with Gasteiger partial charge in [-0.05, 0) is 25.5 Å². The van der Waals surface area contributed by atoms with Gasteiger partial charge >= 0.3 is 0 Å². The predicted molar refractivity (Wildman–Crippen MR) is 77.5 cm³/mol. The van der Waals surface area contributed by atoms with E-state index in [9.17, 15) is 10.2 Å². The first kappa shape index (κ1) is 14.8. The summed E-state index contributed by atoms with van der Waals surface area (Å²) < 4.78 is 0. The molecular formula is C13H22N4O3. The maximum absolute atomic E-state index is 9.74. The third-order valence-electron chi connectivity index (χ3n) is 3.41. The van der Waals surface area contributed by atoms with Crippen LogP contribution in [0.5, 0.6) is 0 Å². The molecule has 0 radical (unpaired) electrons. The van der Waals surface area contributed by atoms with Crippen LogP contribution >= 0.6 is 0 Å². The van der Waals surface area contributed by atoms with Gasteiger partial charge in [-0.15, -0.1) is 0 Å². The number of aliphatic hydroxyl groups is 2. The lowest BCUT2D eigenvalue weighted by molar-refractivity contribution is 0.133. The van der Waals surface area contributed by atoms with Gasteiger partial charge in [-0.1, -0.05) is 0 Å². The maximum atomic E-state index is 9.74. The molecule has 7 nitrogen and oxygen atoms in total. The van der Waals surface area contributed by atoms with E-state index >= 15 is 0 Å². The van der Waals surface area contributed by atoms with Crippen molar-refractivity contribution in [3.05, 3.63) is 12.1 Å². The zero-order valence-corrected chi connectivity index (χ0v) is 11.9. The van der Waals surface area contributed by atoms with Crippen LogP contribution in [0, 0.1) is 0 Å². The Labute approximate surface area is 118 Å². The minimum atomic E-state index is -0.445. The smallest absolute Gasteiger partial charge is 0.177 e. The van der Waals surface area contributed by atoms with Gasteiger partial charge in [0.1, 0.15) is 5.82 Å². The average molecular weight is 282 g/mol. The number of β-amino-alcohol motifs (C(OH)–C–C–N with tert-alkyl or cyclic N) is 1. The number of rotatable bonds is 5. The lowest BCUT2D eigenvalue weighted by atomic mass is 10.2. The molecule has 2 rings (SSSR count). The summed E-state index contributed by atoms with van der Waals surface area (Å²) >= 11 is 0. The highest BCUT2D eigenvalue weighted by atomic mass is 16.7. The Morgan fingerprint density at radius 2 is 2.30 bits per heavy atom. The van der Waals surface area contributed by atoms with Crippen molar-refractivity contribution in [2.75, 3.05) is 42.5 Å². The number of hydroxylamine groups is 1. The van der Waals surface area contributed by atoms with E-state index in [0.29, 0.717) is 36.9 Å². The summed E-state index contributed by atoms with van der Waals surface area (Å²) in [5, 5.41) is 20.7. The standard InChI is InChI=1S/C13H22N4O3/c1-3-20-16(2)13-11(14)4-5-12(15-13)17-7-10(19)6-9(17)8-18/h4-5,9-10,18-19H,3,6-8,14H2,1-2H3. The predicted octanol–water partition coefficient (Wildman–Crippen LogP) is -0.0166. The minimum Gasteiger partial charge on any atom is -0.396 e. The molecule has 4 N–H and O–H groups in total. The molecule has 1 aromatic rings. The fourth-order valence-electron chi connectivity index (χ4n) is 2.46. The molecule has 20 heavy (non-hydrogen) atoms. The van der Waals surface area contributed by atoms with E-state index in [-0.39, 0.29) is 12.6 Å². The minimum absolute atomic E-state index is 0.0141. The number of hydrogen-bond acceptors (Lipinski definition) is 7. The number of anilines is 3. The van der Waals surface area contributed by atoms with E-state index in [1.807, 2.05) is 11.8 Å². The number of nitrogens with two attached hydrogens (primary N) is 1. The van der Waals surface area contributed by atoms with Gasteiger partial charge in [0.2, 0.25) is 0 Å². The molecular weight excluding hydrogens is 260 g/mol. The van der Waals surface area contributed by atoms with Crippen molar-refractivity contribution in [2.45, 2.75) is 25.5 Å². The van der Waals surface area contributed by atoms with Crippen molar-refractivity contribution in [3.8, 4) is 0 Å². The van der Waals surface area contributed by atoms with Crippen LogP contribution in [0.25, 0.3) is 0 Å². The molecule has 1 aliphatic heterocycles. The van der Waals surface area contributed by atoms with Crippen LogP contribution in [-0.4, -0.2) is 54.1 Å². The molecule has 7 heteroatoms. The highest BCUT2D eigenvalue weighted by molar-refractivity contribution is 5.65. The second kappa shape index (κ2) is 6.25. The summed E-state index contributed by atoms with van der Waals surface area (Å²) in [5.74, 6) is 1.21. The van der Waals surface area contributed by atoms with E-state index < -0.39 is 6.10 Å². The topological polar surface area (TPSA) is 95.1 Å². The molecule has 1 fully saturated rings. The van der Waals surface area contributed by atoms with E-state index in [2.05, 4.69) is 4.98 Å². The van der Waals surface area contributed by atoms with Gasteiger partial charge in [0.15, 0.2) is 5.82 Å². The van der Waals surface area contributed by atoms with Crippen molar-refractivity contribution in [1.29, 1.82) is 0 Å². The van der Waals surface area contributed by atoms with Crippen molar-refractivity contribution in [1.82, 2.24) is 4.98 Å². The lowest BCUT2D eigenvalue weighted by Gasteiger charge is -2.26. The Balaban J connectivity index is 2.26. The Morgan fingerprint density at radius 3 is 2.95 bits per heavy atom. The Bertz CT molecular complexity index is 457. The molecule has 1 aliphatic rings. The number of nitrogen functional groups attached to an aromatic ring is 1. The number of aliphatic hydroxyl groups excluding tert-OH is 2. The second-order valence-corrected chi connectivity index (χ2v) is 4.88. The average Bonchev–Trinajstić information content (AvgIpc) is 2.80. The molecule has 1 aromatic heterocycles. The number of aromatic nitrogens is 1. The van der Waals surface area contributed by atoms with Crippen molar-refractivity contribution < 1.29 is 15.1 Å². The summed E-state index contributed by atoms with van der Waals surface area (Å²) in [4.78, 5) is 11.8. The fourth-order valence-corrected chi connectivity index (χ4v) is 2.46. The molecule has 0 bridgehead atoms. The van der Waals surface area contributed by atoms with Crippen LogP contribution in [0.2, 0.25) is 0 Å². The van der Waals surface area contributed by atoms with Gasteiger partial charge in [0, 0.05) is 13.6 Å². The molecule has 2 heterocycles. The molecule has 0 aromatic carbocycles. The lowest BCUT2D eigenvalue weighted by Crippen LogP contribution is -2.33. The molecule has 0 aliphatic carbocycles. The fraction of sp³-hybridized carbons (Fsp3) is 0.615. The molecule has 112 valence electrons. The van der Waals surface area contributed by atoms with Crippen molar-refractivity contribution in [2.24, 2.45) is 0 Å². The van der Waals surface area contributed by atoms with Gasteiger partial charge in [0.05, 0.1) is 31.0 Å². The van der Waals surface area contributed by atoms with Crippen LogP contribution in [0.1, 0.15) is 13.3 Å². The van der Waals surface area contributed by atoms with Gasteiger partial charge in [0.25, 0.3) is 0 Å². The first-order valence-electron chi connectivity index (χ1n) is 6.75. The molecule has 0 amide bonds. The zero-order chi connectivity index (χ0) is 14.7. The van der Waals surface area contributed by atoms with Gasteiger partial charge in [-0.2, -0.15) is 0 Å². The molecule has 2 atom stereocenters. The molecule has 0 saturated carbocycles. The highest BCUT2D eigenvalue weighted by Gasteiger charge is 2.31. The first-order valence-corrected chi connectivity index (χ1v) is 6.75. The summed E-state index contributed by atoms with van der Waals surface area (Å²) in [5.41, 5.74) is 6.43. The summed E-state index contributed by atoms with van der Waals surface area (Å²) in [7, 11) is 1.74. The van der Waals surface area contributed by atoms with Gasteiger partial charge in [-0.25, -0.2) is 10.0 Å². The number of nitrogens with zero attached hydrogens (tertiary/aromatic N) is 3. The Kier molecular flexibility index (Phi) is 4.64. The summed E-state index contributed by atoms with van der Waals surface area (Å²) in [6, 6.07) is 3.43. The van der Waals surface area contributed by atoms with Crippen molar-refractivity contribution in [3.63, 3.8) is 0 Å². The van der Waals surface area contributed by atoms with Crippen LogP contribution in [0.4, 0.5) is 17.3 Å². The second-order valence-electron chi connectivity index (χ2n) is 4.88. The van der Waals surface area contributed by atoms with E-state index in [1.54, 1.807) is 19.2 Å². The van der Waals surface area contributed by atoms with Crippen LogP contribution in [-0.2, 0) is 4.84 Å². The largest absolute Gasteiger partial charge is 0.396 e.